The van der Waals surface area contributed by atoms with Crippen LogP contribution in [0.5, 0.6) is 0 Å². The molecular formula is C21H19F2N3O2. The van der Waals surface area contributed by atoms with Crippen molar-refractivity contribution in [2.75, 3.05) is 5.32 Å². The number of hydrogen-bond acceptors (Lipinski definition) is 4. The van der Waals surface area contributed by atoms with Crippen molar-refractivity contribution in [1.82, 2.24) is 9.97 Å². The molecule has 3 rings (SSSR count). The Morgan fingerprint density at radius 3 is 2.25 bits per heavy atom. The molecule has 2 atom stereocenters. The molecule has 3 aromatic rings. The summed E-state index contributed by atoms with van der Waals surface area (Å²) in [6.45, 7) is 1.04. The standard InChI is InChI=1S/C21H19F2N3O2/c1-14(27)21(22,23)17-9-7-16(8-10-17)19(15-5-3-2-4-6-15)20(28)26-18-13-24-11-12-25-18/h2-14,19,27H,1H3,(H,25,26,28). The molecule has 2 aromatic carbocycles. The first kappa shape index (κ1) is 19.6. The molecule has 2 N–H and O–H groups in total. The monoisotopic (exact) mass is 383 g/mol. The highest BCUT2D eigenvalue weighted by atomic mass is 19.3. The van der Waals surface area contributed by atoms with Gasteiger partial charge >= 0.3 is 0 Å². The number of nitrogens with one attached hydrogen (secondary N) is 1. The number of aliphatic hydroxyl groups is 1. The summed E-state index contributed by atoms with van der Waals surface area (Å²) in [5.74, 6) is -4.16. The van der Waals surface area contributed by atoms with E-state index in [1.165, 1.54) is 42.9 Å². The first-order valence-electron chi connectivity index (χ1n) is 8.67. The molecule has 0 aliphatic heterocycles. The van der Waals surface area contributed by atoms with Crippen molar-refractivity contribution in [3.8, 4) is 0 Å². The quantitative estimate of drug-likeness (QED) is 0.680. The maximum absolute atomic E-state index is 14.0. The zero-order valence-corrected chi connectivity index (χ0v) is 15.1. The molecular weight excluding hydrogens is 364 g/mol. The number of aliphatic hydroxyl groups excluding tert-OH is 1. The van der Waals surface area contributed by atoms with Crippen molar-refractivity contribution in [2.24, 2.45) is 0 Å². The first-order chi connectivity index (χ1) is 13.4. The lowest BCUT2D eigenvalue weighted by atomic mass is 9.89. The number of nitrogens with zero attached hydrogens (tertiary/aromatic N) is 2. The lowest BCUT2D eigenvalue weighted by Crippen LogP contribution is -2.28. The van der Waals surface area contributed by atoms with E-state index in [1.807, 2.05) is 6.07 Å². The Labute approximate surface area is 161 Å². The van der Waals surface area contributed by atoms with Gasteiger partial charge in [-0.25, -0.2) is 4.98 Å². The molecule has 28 heavy (non-hydrogen) atoms. The molecule has 0 fully saturated rings. The summed E-state index contributed by atoms with van der Waals surface area (Å²) < 4.78 is 28.1. The highest BCUT2D eigenvalue weighted by molar-refractivity contribution is 5.97. The van der Waals surface area contributed by atoms with E-state index in [0.717, 1.165) is 6.92 Å². The molecule has 1 amide bonds. The van der Waals surface area contributed by atoms with Crippen molar-refractivity contribution >= 4 is 11.7 Å². The van der Waals surface area contributed by atoms with Gasteiger partial charge in [-0.15, -0.1) is 0 Å². The molecule has 0 aliphatic carbocycles. The number of amides is 1. The van der Waals surface area contributed by atoms with Crippen LogP contribution in [0.15, 0.2) is 73.2 Å². The van der Waals surface area contributed by atoms with Gasteiger partial charge in [-0.2, -0.15) is 8.78 Å². The van der Waals surface area contributed by atoms with Crippen molar-refractivity contribution in [2.45, 2.75) is 24.9 Å². The number of alkyl halides is 2. The second kappa shape index (κ2) is 8.22. The summed E-state index contributed by atoms with van der Waals surface area (Å²) in [4.78, 5) is 20.9. The topological polar surface area (TPSA) is 75.1 Å². The summed E-state index contributed by atoms with van der Waals surface area (Å²) in [6, 6.07) is 14.4. The molecule has 0 bridgehead atoms. The summed E-state index contributed by atoms with van der Waals surface area (Å²) >= 11 is 0. The number of anilines is 1. The van der Waals surface area contributed by atoms with Gasteiger partial charge in [0.05, 0.1) is 12.1 Å². The van der Waals surface area contributed by atoms with Crippen molar-refractivity contribution in [3.05, 3.63) is 89.9 Å². The number of benzene rings is 2. The van der Waals surface area contributed by atoms with Gasteiger partial charge in [0.25, 0.3) is 5.92 Å². The predicted octanol–water partition coefficient (Wildman–Crippen LogP) is 3.72. The van der Waals surface area contributed by atoms with Gasteiger partial charge < -0.3 is 10.4 Å². The van der Waals surface area contributed by atoms with E-state index >= 15 is 0 Å². The smallest absolute Gasteiger partial charge is 0.298 e. The van der Waals surface area contributed by atoms with Crippen LogP contribution in [0.25, 0.3) is 0 Å². The molecule has 0 radical (unpaired) electrons. The fraction of sp³-hybridized carbons (Fsp3) is 0.190. The highest BCUT2D eigenvalue weighted by Gasteiger charge is 2.37. The van der Waals surface area contributed by atoms with Gasteiger partial charge in [-0.05, 0) is 18.1 Å². The normalized spacial score (nSPS) is 13.6. The van der Waals surface area contributed by atoms with E-state index in [1.54, 1.807) is 24.3 Å². The Morgan fingerprint density at radius 1 is 1.04 bits per heavy atom. The second-order valence-corrected chi connectivity index (χ2v) is 6.34. The fourth-order valence-corrected chi connectivity index (χ4v) is 2.84. The zero-order chi connectivity index (χ0) is 20.1. The van der Waals surface area contributed by atoms with Crippen LogP contribution in [0, 0.1) is 0 Å². The molecule has 0 saturated carbocycles. The number of rotatable bonds is 6. The molecule has 0 saturated heterocycles. The van der Waals surface area contributed by atoms with Crippen molar-refractivity contribution in [3.63, 3.8) is 0 Å². The summed E-state index contributed by atoms with van der Waals surface area (Å²) in [5, 5.41) is 12.0. The number of hydrogen-bond donors (Lipinski definition) is 2. The lowest BCUT2D eigenvalue weighted by molar-refractivity contribution is -0.116. The van der Waals surface area contributed by atoms with E-state index in [2.05, 4.69) is 15.3 Å². The molecule has 144 valence electrons. The number of halogens is 2. The highest BCUT2D eigenvalue weighted by Crippen LogP contribution is 2.33. The third-order valence-electron chi connectivity index (χ3n) is 4.36. The summed E-state index contributed by atoms with van der Waals surface area (Å²) in [5.41, 5.74) is 0.934. The Bertz CT molecular complexity index is 917. The first-order valence-corrected chi connectivity index (χ1v) is 8.67. The number of carbonyl (C=O) groups excluding carboxylic acids is 1. The zero-order valence-electron chi connectivity index (χ0n) is 15.1. The van der Waals surface area contributed by atoms with Crippen LogP contribution in [0.1, 0.15) is 29.5 Å². The summed E-state index contributed by atoms with van der Waals surface area (Å²) in [6.07, 6.45) is 2.56. The lowest BCUT2D eigenvalue weighted by Gasteiger charge is -2.21. The SMILES string of the molecule is CC(O)C(F)(F)c1ccc(C(C(=O)Nc2cnccn2)c2ccccc2)cc1. The maximum atomic E-state index is 14.0. The van der Waals surface area contributed by atoms with Crippen LogP contribution in [-0.2, 0) is 10.7 Å². The van der Waals surface area contributed by atoms with Gasteiger partial charge in [-0.1, -0.05) is 54.6 Å². The fourth-order valence-electron chi connectivity index (χ4n) is 2.84. The second-order valence-electron chi connectivity index (χ2n) is 6.34. The number of carbonyl (C=O) groups is 1. The molecule has 2 unspecified atom stereocenters. The van der Waals surface area contributed by atoms with Gasteiger partial charge in [0.1, 0.15) is 6.10 Å². The minimum absolute atomic E-state index is 0.297. The third kappa shape index (κ3) is 4.20. The van der Waals surface area contributed by atoms with E-state index in [-0.39, 0.29) is 11.5 Å². The van der Waals surface area contributed by atoms with E-state index in [9.17, 15) is 18.7 Å². The van der Waals surface area contributed by atoms with Crippen LogP contribution in [0.3, 0.4) is 0 Å². The van der Waals surface area contributed by atoms with Crippen molar-refractivity contribution < 1.29 is 18.7 Å². The van der Waals surface area contributed by atoms with Crippen LogP contribution in [0.4, 0.5) is 14.6 Å². The predicted molar refractivity (Wildman–Crippen MR) is 101 cm³/mol. The molecule has 7 heteroatoms. The Hall–Kier alpha value is -3.19. The van der Waals surface area contributed by atoms with Gasteiger partial charge in [-0.3, -0.25) is 9.78 Å². The summed E-state index contributed by atoms with van der Waals surface area (Å²) in [7, 11) is 0. The van der Waals surface area contributed by atoms with Gasteiger partial charge in [0.15, 0.2) is 5.82 Å². The van der Waals surface area contributed by atoms with Crippen LogP contribution in [-0.4, -0.2) is 27.1 Å². The molecule has 0 aliphatic rings. The molecule has 0 spiro atoms. The van der Waals surface area contributed by atoms with Crippen LogP contribution in [0.2, 0.25) is 0 Å². The Morgan fingerprint density at radius 2 is 1.68 bits per heavy atom. The van der Waals surface area contributed by atoms with E-state index in [4.69, 9.17) is 0 Å². The Kier molecular flexibility index (Phi) is 5.75. The third-order valence-corrected chi connectivity index (χ3v) is 4.36. The van der Waals surface area contributed by atoms with Crippen LogP contribution < -0.4 is 5.32 Å². The maximum Gasteiger partial charge on any atom is 0.298 e. The average molecular weight is 383 g/mol. The molecule has 1 aromatic heterocycles. The van der Waals surface area contributed by atoms with Crippen LogP contribution >= 0.6 is 0 Å². The number of aromatic nitrogens is 2. The van der Waals surface area contributed by atoms with Gasteiger partial charge in [0.2, 0.25) is 5.91 Å². The minimum atomic E-state index is -3.37. The molecule has 5 nitrogen and oxygen atoms in total. The Balaban J connectivity index is 1.95. The largest absolute Gasteiger partial charge is 0.387 e. The minimum Gasteiger partial charge on any atom is -0.387 e. The molecule has 1 heterocycles. The van der Waals surface area contributed by atoms with E-state index in [0.29, 0.717) is 16.9 Å². The average Bonchev–Trinajstić information content (AvgIpc) is 2.70. The van der Waals surface area contributed by atoms with Crippen molar-refractivity contribution in [1.29, 1.82) is 0 Å². The van der Waals surface area contributed by atoms with Gasteiger partial charge in [0, 0.05) is 18.0 Å². The van der Waals surface area contributed by atoms with E-state index < -0.39 is 17.9 Å².